The number of hydrogen-bond acceptors (Lipinski definition) is 11. The minimum Gasteiger partial charge on any atom is -0.460 e. The Balaban J connectivity index is 5.38. The summed E-state index contributed by atoms with van der Waals surface area (Å²) in [4.78, 5) is 115. The van der Waals surface area contributed by atoms with Gasteiger partial charge in [-0.15, -0.1) is 0 Å². The fraction of sp³-hybridized carbons (Fsp3) is 0.725. The second kappa shape index (κ2) is 27.5. The molecule has 0 fully saturated rings. The zero-order valence-corrected chi connectivity index (χ0v) is 36.8. The van der Waals surface area contributed by atoms with Crippen molar-refractivity contribution >= 4 is 53.4 Å². The van der Waals surface area contributed by atoms with Crippen LogP contribution in [0, 0.1) is 23.7 Å². The van der Waals surface area contributed by atoms with Crippen LogP contribution < -0.4 is 42.5 Å². The molecule has 336 valence electrons. The monoisotopic (exact) mass is 839 g/mol. The number of nitrogens with one attached hydrogen (secondary N) is 8. The first-order valence-electron chi connectivity index (χ1n) is 20.1. The van der Waals surface area contributed by atoms with Crippen molar-refractivity contribution in [3.8, 4) is 0 Å². The van der Waals surface area contributed by atoms with Gasteiger partial charge in [0.25, 0.3) is 0 Å². The van der Waals surface area contributed by atoms with Gasteiger partial charge in [0.2, 0.25) is 41.4 Å². The maximum Gasteiger partial charge on any atom is 0.408 e. The van der Waals surface area contributed by atoms with E-state index in [1.54, 1.807) is 20.8 Å². The van der Waals surface area contributed by atoms with Crippen LogP contribution in [0.25, 0.3) is 0 Å². The van der Waals surface area contributed by atoms with E-state index in [1.165, 1.54) is 6.08 Å². The Morgan fingerprint density at radius 1 is 0.492 bits per heavy atom. The molecule has 0 aromatic heterocycles. The third-order valence-electron chi connectivity index (χ3n) is 7.83. The Morgan fingerprint density at radius 2 is 0.780 bits per heavy atom. The van der Waals surface area contributed by atoms with E-state index in [0.29, 0.717) is 0 Å². The lowest BCUT2D eigenvalue weighted by Crippen LogP contribution is -2.55. The highest BCUT2D eigenvalue weighted by Crippen LogP contribution is 2.11. The van der Waals surface area contributed by atoms with Crippen LogP contribution in [0.4, 0.5) is 4.79 Å². The Morgan fingerprint density at radius 3 is 1.05 bits per heavy atom. The second-order valence-electron chi connectivity index (χ2n) is 16.9. The first kappa shape index (κ1) is 53.8. The van der Waals surface area contributed by atoms with E-state index in [4.69, 9.17) is 9.47 Å². The molecule has 4 atom stereocenters. The van der Waals surface area contributed by atoms with Crippen molar-refractivity contribution in [2.45, 2.75) is 132 Å². The third kappa shape index (κ3) is 26.4. The zero-order valence-electron chi connectivity index (χ0n) is 36.8. The molecule has 19 heteroatoms. The molecule has 0 aromatic carbocycles. The van der Waals surface area contributed by atoms with E-state index < -0.39 is 109 Å². The maximum atomic E-state index is 13.2. The minimum atomic E-state index is -1.08. The number of carbonyl (C=O) groups excluding carboxylic acids is 9. The molecule has 8 N–H and O–H groups in total. The zero-order chi connectivity index (χ0) is 45.5. The van der Waals surface area contributed by atoms with Crippen molar-refractivity contribution < 1.29 is 52.6 Å². The van der Waals surface area contributed by atoms with E-state index in [0.717, 1.165) is 0 Å². The molecule has 0 saturated carbocycles. The Hall–Kier alpha value is -5.23. The lowest BCUT2D eigenvalue weighted by molar-refractivity contribution is -0.143. The number of hydrogen-bond donors (Lipinski definition) is 8. The molecule has 0 spiro atoms. The van der Waals surface area contributed by atoms with Crippen LogP contribution in [0.15, 0.2) is 12.7 Å². The Labute approximate surface area is 348 Å². The SMILES string of the molecule is C=CCOC(=O)CNC(=O)[C@H](CC(C)C)NC(=O)CNC(=O)[C@H](CC(C)C)NC(=O)CNC(=O)[C@H](CC(C)C)NC(=O)CNC(=O)[C@H](CC(C)C)NC(=O)OC(C)(C)C. The second-order valence-corrected chi connectivity index (χ2v) is 16.9. The van der Waals surface area contributed by atoms with Gasteiger partial charge in [0.1, 0.15) is 42.9 Å². The largest absolute Gasteiger partial charge is 0.460 e. The predicted octanol–water partition coefficient (Wildman–Crippen LogP) is 0.713. The van der Waals surface area contributed by atoms with Crippen molar-refractivity contribution in [2.75, 3.05) is 32.8 Å². The molecule has 0 rings (SSSR count). The van der Waals surface area contributed by atoms with E-state index in [1.807, 2.05) is 55.4 Å². The molecule has 0 unspecified atom stereocenters. The average Bonchev–Trinajstić information content (AvgIpc) is 3.10. The van der Waals surface area contributed by atoms with E-state index >= 15 is 0 Å². The molecule has 59 heavy (non-hydrogen) atoms. The number of carbonyl (C=O) groups is 9. The molecule has 0 aromatic rings. The highest BCUT2D eigenvalue weighted by molar-refractivity contribution is 5.95. The molecule has 0 aliphatic heterocycles. The van der Waals surface area contributed by atoms with Crippen molar-refractivity contribution in [1.29, 1.82) is 0 Å². The van der Waals surface area contributed by atoms with Gasteiger partial charge in [-0.3, -0.25) is 38.4 Å². The molecule has 0 bridgehead atoms. The molecule has 0 aliphatic carbocycles. The maximum absolute atomic E-state index is 13.2. The van der Waals surface area contributed by atoms with Gasteiger partial charge in [-0.25, -0.2) is 4.79 Å². The lowest BCUT2D eigenvalue weighted by Gasteiger charge is -2.24. The lowest BCUT2D eigenvalue weighted by atomic mass is 10.0. The van der Waals surface area contributed by atoms with Gasteiger partial charge in [0.05, 0.1) is 19.6 Å². The summed E-state index contributed by atoms with van der Waals surface area (Å²) in [6.45, 7) is 21.3. The van der Waals surface area contributed by atoms with Crippen molar-refractivity contribution in [2.24, 2.45) is 23.7 Å². The molecule has 0 aliphatic rings. The van der Waals surface area contributed by atoms with Crippen molar-refractivity contribution in [3.05, 3.63) is 12.7 Å². The topological polar surface area (TPSA) is 268 Å². The van der Waals surface area contributed by atoms with E-state index in [9.17, 15) is 43.2 Å². The summed E-state index contributed by atoms with van der Waals surface area (Å²) in [6.07, 6.45) is 1.52. The van der Waals surface area contributed by atoms with Gasteiger partial charge >= 0.3 is 12.1 Å². The molecule has 0 heterocycles. The smallest absolute Gasteiger partial charge is 0.408 e. The average molecular weight is 839 g/mol. The van der Waals surface area contributed by atoms with Gasteiger partial charge in [-0.05, 0) is 70.1 Å². The van der Waals surface area contributed by atoms with Crippen LogP contribution >= 0.6 is 0 Å². The van der Waals surface area contributed by atoms with Crippen LogP contribution in [0.1, 0.15) is 102 Å². The molecule has 0 saturated heterocycles. The fourth-order valence-electron chi connectivity index (χ4n) is 5.35. The number of ether oxygens (including phenoxy) is 2. The first-order valence-corrected chi connectivity index (χ1v) is 20.1. The van der Waals surface area contributed by atoms with E-state index in [-0.39, 0.29) is 56.0 Å². The summed E-state index contributed by atoms with van der Waals surface area (Å²) in [6, 6.07) is -4.13. The first-order chi connectivity index (χ1) is 27.3. The number of esters is 1. The predicted molar refractivity (Wildman–Crippen MR) is 220 cm³/mol. The number of rotatable bonds is 26. The highest BCUT2D eigenvalue weighted by atomic mass is 16.6. The molecular weight excluding hydrogens is 768 g/mol. The third-order valence-corrected chi connectivity index (χ3v) is 7.83. The summed E-state index contributed by atoms with van der Waals surface area (Å²) in [7, 11) is 0. The molecule has 8 amide bonds. The van der Waals surface area contributed by atoms with Crippen LogP contribution in [0.5, 0.6) is 0 Å². The van der Waals surface area contributed by atoms with Gasteiger partial charge in [-0.2, -0.15) is 0 Å². The van der Waals surface area contributed by atoms with Crippen molar-refractivity contribution in [3.63, 3.8) is 0 Å². The van der Waals surface area contributed by atoms with Crippen LogP contribution in [-0.4, -0.2) is 116 Å². The van der Waals surface area contributed by atoms with Gasteiger partial charge in [0.15, 0.2) is 0 Å². The van der Waals surface area contributed by atoms with Gasteiger partial charge < -0.3 is 52.0 Å². The molecular formula is C40H70N8O11. The standard InChI is InChI=1S/C40H70N8O11/c1-13-14-58-34(52)22-44-37(55)29(17-25(6)7)47-32(50)20-42-35(53)27(15-23(2)3)45-31(49)19-41-36(54)28(16-24(4)5)46-33(51)21-43-38(56)30(18-26(8)9)48-39(57)59-40(10,11)12/h13,23-30H,1,14-22H2,2-12H3,(H,41,54)(H,42,53)(H,43,56)(H,44,55)(H,45,49)(H,46,51)(H,47,50)(H,48,57)/t27-,28-,29-,30-/m0/s1. The fourth-order valence-corrected chi connectivity index (χ4v) is 5.35. The van der Waals surface area contributed by atoms with Crippen LogP contribution in [0.2, 0.25) is 0 Å². The van der Waals surface area contributed by atoms with E-state index in [2.05, 4.69) is 49.1 Å². The van der Waals surface area contributed by atoms with Gasteiger partial charge in [-0.1, -0.05) is 68.0 Å². The minimum absolute atomic E-state index is 0.00659. The van der Waals surface area contributed by atoms with Crippen LogP contribution in [0.3, 0.4) is 0 Å². The van der Waals surface area contributed by atoms with Crippen molar-refractivity contribution in [1.82, 2.24) is 42.5 Å². The quantitative estimate of drug-likeness (QED) is 0.0444. The number of alkyl carbamates (subject to hydrolysis) is 1. The number of amides is 8. The Bertz CT molecular complexity index is 1440. The molecule has 19 nitrogen and oxygen atoms in total. The summed E-state index contributed by atoms with van der Waals surface area (Å²) in [5.74, 6) is -5.41. The normalized spacial score (nSPS) is 13.3. The summed E-state index contributed by atoms with van der Waals surface area (Å²) in [5, 5.41) is 20.1. The summed E-state index contributed by atoms with van der Waals surface area (Å²) in [5.41, 5.74) is -0.784. The summed E-state index contributed by atoms with van der Waals surface area (Å²) < 4.78 is 10.1. The van der Waals surface area contributed by atoms with Gasteiger partial charge in [0, 0.05) is 0 Å². The molecule has 0 radical (unpaired) electrons. The summed E-state index contributed by atoms with van der Waals surface area (Å²) >= 11 is 0. The highest BCUT2D eigenvalue weighted by Gasteiger charge is 2.29. The Kier molecular flexibility index (Phi) is 25.0. The van der Waals surface area contributed by atoms with Crippen LogP contribution in [-0.2, 0) is 47.8 Å².